The van der Waals surface area contributed by atoms with Gasteiger partial charge in [-0.15, -0.1) is 0 Å². The minimum atomic E-state index is -0.819. The van der Waals surface area contributed by atoms with E-state index in [1.54, 1.807) is 0 Å². The first-order valence-corrected chi connectivity index (χ1v) is 23.7. The minimum Gasteiger partial charge on any atom is -0.469 e. The van der Waals surface area contributed by atoms with Gasteiger partial charge in [0.1, 0.15) is 6.04 Å². The number of nitrogens with one attached hydrogen (secondary N) is 1. The molecule has 0 bridgehead atoms. The Morgan fingerprint density at radius 1 is 0.533 bits per heavy atom. The molecular formula is C47H89N7O6. The monoisotopic (exact) mass is 848 g/mol. The lowest BCUT2D eigenvalue weighted by Crippen LogP contribution is -2.52. The Balaban J connectivity index is 4.43. The third-order valence-corrected chi connectivity index (χ3v) is 10.8. The number of allylic oxidation sites excluding steroid dienone is 4. The Morgan fingerprint density at radius 3 is 1.28 bits per heavy atom. The number of amides is 2. The Hall–Kier alpha value is -3.45. The molecule has 9 N–H and O–H groups in total. The van der Waals surface area contributed by atoms with E-state index in [4.69, 9.17) is 22.9 Å². The van der Waals surface area contributed by atoms with Gasteiger partial charge in [0.15, 0.2) is 5.96 Å². The standard InChI is InChI=1S/C47H89N7O6/c1-59-43(55)35-29-25-21-17-13-9-5-3-7-11-15-19-23-27-31-38-54(46(58)42(49)40-53-45(57)41(48)34-33-37-52-47(50)51)39-32-28-24-20-16-12-8-4-6-10-14-18-22-26-30-36-44(56)60-2/h3-6,41-42H,7-40,48-49H2,1-2H3,(H,53,57)(H4,50,51,52). The fourth-order valence-corrected chi connectivity index (χ4v) is 6.99. The van der Waals surface area contributed by atoms with Crippen molar-refractivity contribution in [3.63, 3.8) is 0 Å². The number of rotatable bonds is 42. The zero-order valence-corrected chi connectivity index (χ0v) is 38.2. The Bertz CT molecular complexity index is 1110. The van der Waals surface area contributed by atoms with Crippen LogP contribution < -0.4 is 28.3 Å². The van der Waals surface area contributed by atoms with Crippen LogP contribution in [0.3, 0.4) is 0 Å². The molecule has 348 valence electrons. The lowest BCUT2D eigenvalue weighted by molar-refractivity contribution is -0.141. The van der Waals surface area contributed by atoms with E-state index >= 15 is 0 Å². The maximum Gasteiger partial charge on any atom is 0.305 e. The number of methoxy groups -OCH3 is 2. The predicted molar refractivity (Wildman–Crippen MR) is 247 cm³/mol. The van der Waals surface area contributed by atoms with Crippen LogP contribution in [0, 0.1) is 0 Å². The highest BCUT2D eigenvalue weighted by molar-refractivity contribution is 5.85. The molecule has 0 aromatic rings. The molecule has 2 atom stereocenters. The number of unbranched alkanes of at least 4 members (excludes halogenated alkanes) is 22. The summed E-state index contributed by atoms with van der Waals surface area (Å²) >= 11 is 0. The molecule has 0 aliphatic rings. The van der Waals surface area contributed by atoms with Crippen LogP contribution in [0.4, 0.5) is 0 Å². The number of nitrogens with two attached hydrogens (primary N) is 4. The van der Waals surface area contributed by atoms with E-state index in [-0.39, 0.29) is 36.3 Å². The van der Waals surface area contributed by atoms with Gasteiger partial charge in [-0.05, 0) is 89.9 Å². The molecule has 0 aromatic carbocycles. The summed E-state index contributed by atoms with van der Waals surface area (Å²) in [6, 6.07) is -1.54. The summed E-state index contributed by atoms with van der Waals surface area (Å²) in [4.78, 5) is 54.2. The van der Waals surface area contributed by atoms with Crippen molar-refractivity contribution in [2.45, 2.75) is 205 Å². The lowest BCUT2D eigenvalue weighted by Gasteiger charge is -2.26. The Kier molecular flexibility index (Phi) is 39.8. The van der Waals surface area contributed by atoms with Gasteiger partial charge in [0.05, 0.1) is 20.3 Å². The second-order valence-corrected chi connectivity index (χ2v) is 16.3. The fraction of sp³-hybridized carbons (Fsp3) is 0.809. The summed E-state index contributed by atoms with van der Waals surface area (Å²) in [5, 5.41) is 2.77. The van der Waals surface area contributed by atoms with Gasteiger partial charge >= 0.3 is 11.9 Å². The molecule has 0 radical (unpaired) electrons. The highest BCUT2D eigenvalue weighted by Gasteiger charge is 2.22. The molecule has 0 spiro atoms. The van der Waals surface area contributed by atoms with Crippen LogP contribution in [0.1, 0.15) is 193 Å². The van der Waals surface area contributed by atoms with Gasteiger partial charge in [-0.1, -0.05) is 114 Å². The van der Waals surface area contributed by atoms with Gasteiger partial charge in [-0.2, -0.15) is 0 Å². The highest BCUT2D eigenvalue weighted by Crippen LogP contribution is 2.14. The largest absolute Gasteiger partial charge is 0.469 e. The van der Waals surface area contributed by atoms with Crippen molar-refractivity contribution in [1.29, 1.82) is 0 Å². The molecule has 0 rings (SSSR count). The number of carbonyl (C=O) groups is 4. The van der Waals surface area contributed by atoms with Crippen molar-refractivity contribution in [1.82, 2.24) is 10.2 Å². The third-order valence-electron chi connectivity index (χ3n) is 10.8. The Morgan fingerprint density at radius 2 is 0.900 bits per heavy atom. The van der Waals surface area contributed by atoms with Crippen LogP contribution in [-0.2, 0) is 28.7 Å². The van der Waals surface area contributed by atoms with Crippen LogP contribution in [-0.4, -0.2) is 87.1 Å². The zero-order chi connectivity index (χ0) is 44.3. The third kappa shape index (κ3) is 37.5. The number of esters is 2. The normalized spacial score (nSPS) is 12.4. The molecular weight excluding hydrogens is 759 g/mol. The molecule has 60 heavy (non-hydrogen) atoms. The number of aliphatic imine (C=N–C) groups is 1. The van der Waals surface area contributed by atoms with Gasteiger partial charge < -0.3 is 42.6 Å². The second-order valence-electron chi connectivity index (χ2n) is 16.3. The van der Waals surface area contributed by atoms with Crippen LogP contribution in [0.25, 0.3) is 0 Å². The maximum atomic E-state index is 13.5. The van der Waals surface area contributed by atoms with E-state index in [0.29, 0.717) is 45.3 Å². The topological polar surface area (TPSA) is 218 Å². The smallest absolute Gasteiger partial charge is 0.305 e. The average Bonchev–Trinajstić information content (AvgIpc) is 3.24. The minimum absolute atomic E-state index is 0.00976. The number of hydrogen-bond acceptors (Lipinski definition) is 9. The van der Waals surface area contributed by atoms with Crippen molar-refractivity contribution < 1.29 is 28.7 Å². The van der Waals surface area contributed by atoms with Crippen LogP contribution in [0.5, 0.6) is 0 Å². The second kappa shape index (κ2) is 42.2. The van der Waals surface area contributed by atoms with Crippen molar-refractivity contribution >= 4 is 29.7 Å². The van der Waals surface area contributed by atoms with E-state index in [2.05, 4.69) is 44.1 Å². The van der Waals surface area contributed by atoms with E-state index in [1.165, 1.54) is 91.3 Å². The Labute approximate surface area is 365 Å². The molecule has 0 fully saturated rings. The summed E-state index contributed by atoms with van der Waals surface area (Å²) in [6.45, 7) is 1.82. The molecule has 0 saturated carbocycles. The van der Waals surface area contributed by atoms with E-state index in [9.17, 15) is 19.2 Å². The molecule has 0 aromatic heterocycles. The summed E-state index contributed by atoms with van der Waals surface area (Å²) in [5.41, 5.74) is 23.1. The number of carbonyl (C=O) groups excluding carboxylic acids is 4. The summed E-state index contributed by atoms with van der Waals surface area (Å²) in [7, 11) is 2.89. The van der Waals surface area contributed by atoms with Gasteiger partial charge in [-0.25, -0.2) is 0 Å². The molecule has 13 nitrogen and oxygen atoms in total. The number of ether oxygens (including phenoxy) is 2. The average molecular weight is 848 g/mol. The first-order valence-electron chi connectivity index (χ1n) is 23.7. The van der Waals surface area contributed by atoms with Crippen molar-refractivity contribution in [3.05, 3.63) is 24.3 Å². The summed E-state index contributed by atoms with van der Waals surface area (Å²) in [6.07, 6.45) is 40.6. The highest BCUT2D eigenvalue weighted by atomic mass is 16.5. The van der Waals surface area contributed by atoms with Crippen LogP contribution in [0.15, 0.2) is 29.3 Å². The van der Waals surface area contributed by atoms with Gasteiger partial charge in [0.25, 0.3) is 0 Å². The molecule has 13 heteroatoms. The maximum absolute atomic E-state index is 13.5. The van der Waals surface area contributed by atoms with Gasteiger partial charge in [0, 0.05) is 39.0 Å². The fourth-order valence-electron chi connectivity index (χ4n) is 6.99. The van der Waals surface area contributed by atoms with E-state index in [0.717, 1.165) is 89.9 Å². The number of nitrogens with zero attached hydrogens (tertiary/aromatic N) is 2. The van der Waals surface area contributed by atoms with Crippen molar-refractivity contribution in [2.24, 2.45) is 27.9 Å². The SMILES string of the molecule is COC(=O)CCCCCCCC=CCCCCCCCCN(CCCCCCCCC=CCCCCCCCC(=O)OC)C(=O)C(N)CNC(=O)C(N)CCCN=C(N)N. The van der Waals surface area contributed by atoms with Gasteiger partial charge in [0.2, 0.25) is 11.8 Å². The van der Waals surface area contributed by atoms with Crippen LogP contribution in [0.2, 0.25) is 0 Å². The zero-order valence-electron chi connectivity index (χ0n) is 38.2. The molecule has 2 unspecified atom stereocenters. The number of hydrogen-bond donors (Lipinski definition) is 5. The quantitative estimate of drug-likeness (QED) is 0.0131. The summed E-state index contributed by atoms with van der Waals surface area (Å²) in [5.74, 6) is -0.666. The first kappa shape index (κ1) is 56.5. The van der Waals surface area contributed by atoms with Gasteiger partial charge in [-0.3, -0.25) is 24.2 Å². The summed E-state index contributed by atoms with van der Waals surface area (Å²) < 4.78 is 9.37. The van der Waals surface area contributed by atoms with E-state index in [1.807, 2.05) is 4.90 Å². The van der Waals surface area contributed by atoms with Crippen LogP contribution >= 0.6 is 0 Å². The molecule has 0 aliphatic heterocycles. The molecule has 0 aliphatic carbocycles. The van der Waals surface area contributed by atoms with E-state index < -0.39 is 12.1 Å². The van der Waals surface area contributed by atoms with Crippen molar-refractivity contribution in [3.8, 4) is 0 Å². The molecule has 0 saturated heterocycles. The first-order chi connectivity index (χ1) is 29.1. The molecule has 2 amide bonds. The molecule has 0 heterocycles. The predicted octanol–water partition coefficient (Wildman–Crippen LogP) is 8.02. The lowest BCUT2D eigenvalue weighted by atomic mass is 10.1. The van der Waals surface area contributed by atoms with Crippen molar-refractivity contribution in [2.75, 3.05) is 40.4 Å². The number of guanidine groups is 1.